The molecule has 1 aromatic carbocycles. The summed E-state index contributed by atoms with van der Waals surface area (Å²) in [6, 6.07) is 11.3. The summed E-state index contributed by atoms with van der Waals surface area (Å²) in [6.45, 7) is 5.86. The molecule has 0 unspecified atom stereocenters. The van der Waals surface area contributed by atoms with Gasteiger partial charge in [-0.15, -0.1) is 0 Å². The maximum Gasteiger partial charge on any atom is 0.228 e. The number of hydrogen-bond donors (Lipinski definition) is 1. The number of fused-ring (bicyclic) bond motifs is 1. The van der Waals surface area contributed by atoms with Crippen LogP contribution in [0.4, 0.5) is 0 Å². The molecule has 0 fully saturated rings. The fraction of sp³-hybridized carbons (Fsp3) is 0.364. The third-order valence-electron chi connectivity index (χ3n) is 4.82. The molecule has 0 aliphatic rings. The molecule has 6 nitrogen and oxygen atoms in total. The number of likely N-dealkylation sites (N-methyl/N-ethyl adjacent to an activating group) is 1. The van der Waals surface area contributed by atoms with Gasteiger partial charge in [0.05, 0.1) is 29.4 Å². The Kier molecular flexibility index (Phi) is 7.12. The van der Waals surface area contributed by atoms with Crippen LogP contribution >= 0.6 is 11.6 Å². The highest BCUT2D eigenvalue weighted by Crippen LogP contribution is 2.28. The predicted octanol–water partition coefficient (Wildman–Crippen LogP) is 3.83. The Hall–Kier alpha value is -2.57. The van der Waals surface area contributed by atoms with Crippen molar-refractivity contribution in [3.8, 4) is 17.0 Å². The number of rotatable bonds is 9. The topological polar surface area (TPSA) is 67.1 Å². The summed E-state index contributed by atoms with van der Waals surface area (Å²) < 4.78 is 7.50. The van der Waals surface area contributed by atoms with Gasteiger partial charge in [0.2, 0.25) is 5.91 Å². The van der Waals surface area contributed by atoms with Gasteiger partial charge in [-0.2, -0.15) is 0 Å². The van der Waals surface area contributed by atoms with E-state index >= 15 is 0 Å². The molecule has 0 radical (unpaired) electrons. The number of benzene rings is 1. The third kappa shape index (κ3) is 4.89. The molecule has 0 atom stereocenters. The Bertz CT molecular complexity index is 965. The monoisotopic (exact) mass is 415 g/mol. The number of amides is 1. The van der Waals surface area contributed by atoms with Gasteiger partial charge in [0.25, 0.3) is 0 Å². The largest absolute Gasteiger partial charge is 0.494 e. The molecule has 3 rings (SSSR count). The number of pyridine rings is 1. The Morgan fingerprint density at radius 2 is 1.90 bits per heavy atom. The van der Waals surface area contributed by atoms with Crippen molar-refractivity contribution in [2.45, 2.75) is 26.7 Å². The molecule has 0 aliphatic heterocycles. The number of carbonyl (C=O) groups excluding carboxylic acids is 1. The van der Waals surface area contributed by atoms with Crippen molar-refractivity contribution >= 4 is 23.2 Å². The second-order valence-corrected chi connectivity index (χ2v) is 7.11. The number of aliphatic hydroxyl groups excluding tert-OH is 1. The summed E-state index contributed by atoms with van der Waals surface area (Å²) in [5.74, 6) is 0.789. The summed E-state index contributed by atoms with van der Waals surface area (Å²) >= 11 is 6.20. The number of aromatic nitrogens is 2. The number of aliphatic hydroxyl groups is 1. The smallest absolute Gasteiger partial charge is 0.228 e. The van der Waals surface area contributed by atoms with Crippen LogP contribution in [0.3, 0.4) is 0 Å². The first-order valence-electron chi connectivity index (χ1n) is 9.85. The van der Waals surface area contributed by atoms with E-state index < -0.39 is 0 Å². The molecular formula is C22H26ClN3O3. The molecule has 2 aromatic heterocycles. The number of imidazole rings is 1. The van der Waals surface area contributed by atoms with Crippen LogP contribution in [-0.2, 0) is 11.2 Å². The summed E-state index contributed by atoms with van der Waals surface area (Å²) in [7, 11) is 0. The average molecular weight is 416 g/mol. The van der Waals surface area contributed by atoms with Gasteiger partial charge >= 0.3 is 0 Å². The summed E-state index contributed by atoms with van der Waals surface area (Å²) in [4.78, 5) is 19.4. The highest BCUT2D eigenvalue weighted by molar-refractivity contribution is 6.30. The fourth-order valence-corrected chi connectivity index (χ4v) is 3.42. The Morgan fingerprint density at radius 3 is 2.55 bits per heavy atom. The summed E-state index contributed by atoms with van der Waals surface area (Å²) in [5.41, 5.74) is 3.22. The quantitative estimate of drug-likeness (QED) is 0.539. The molecule has 0 spiro atoms. The van der Waals surface area contributed by atoms with Gasteiger partial charge in [-0.1, -0.05) is 11.6 Å². The van der Waals surface area contributed by atoms with E-state index in [2.05, 4.69) is 0 Å². The van der Waals surface area contributed by atoms with E-state index in [1.807, 2.05) is 53.5 Å². The van der Waals surface area contributed by atoms with Crippen LogP contribution in [-0.4, -0.2) is 51.6 Å². The zero-order chi connectivity index (χ0) is 20.8. The molecule has 0 aliphatic carbocycles. The van der Waals surface area contributed by atoms with Gasteiger partial charge in [0.15, 0.2) is 0 Å². The van der Waals surface area contributed by atoms with Crippen molar-refractivity contribution in [1.82, 2.24) is 14.3 Å². The Balaban J connectivity index is 1.97. The standard InChI is InChI=1S/C22H26ClN3O3/c1-3-25(4-2)21(28)14-19-22(24-20-11-8-17(23)15-26(19)20)16-6-9-18(10-7-16)29-13-5-12-27/h6-11,15,27H,3-5,12-14H2,1-2H3. The van der Waals surface area contributed by atoms with E-state index in [1.165, 1.54) is 0 Å². The SMILES string of the molecule is CCN(CC)C(=O)Cc1c(-c2ccc(OCCCO)cc2)nc2ccc(Cl)cn12. The van der Waals surface area contributed by atoms with Crippen LogP contribution in [0, 0.1) is 0 Å². The number of carbonyl (C=O) groups is 1. The lowest BCUT2D eigenvalue weighted by atomic mass is 10.1. The van der Waals surface area contributed by atoms with Gasteiger partial charge in [-0.05, 0) is 50.2 Å². The van der Waals surface area contributed by atoms with E-state index in [0.717, 1.165) is 28.3 Å². The van der Waals surface area contributed by atoms with Crippen LogP contribution in [0.2, 0.25) is 5.02 Å². The molecule has 154 valence electrons. The van der Waals surface area contributed by atoms with E-state index in [4.69, 9.17) is 26.4 Å². The second kappa shape index (κ2) is 9.76. The minimum Gasteiger partial charge on any atom is -0.494 e. The van der Waals surface area contributed by atoms with Gasteiger partial charge < -0.3 is 19.1 Å². The minimum atomic E-state index is 0.0574. The number of nitrogens with zero attached hydrogens (tertiary/aromatic N) is 3. The van der Waals surface area contributed by atoms with E-state index in [0.29, 0.717) is 31.1 Å². The molecule has 0 saturated heterocycles. The zero-order valence-corrected chi connectivity index (χ0v) is 17.5. The van der Waals surface area contributed by atoms with Crippen LogP contribution in [0.5, 0.6) is 5.75 Å². The molecule has 1 N–H and O–H groups in total. The molecule has 1 amide bonds. The molecule has 3 aromatic rings. The molecule has 7 heteroatoms. The van der Waals surface area contributed by atoms with E-state index in [-0.39, 0.29) is 18.9 Å². The highest BCUT2D eigenvalue weighted by Gasteiger charge is 2.20. The first-order valence-corrected chi connectivity index (χ1v) is 10.2. The maximum atomic E-state index is 12.8. The molecule has 29 heavy (non-hydrogen) atoms. The molecule has 0 bridgehead atoms. The van der Waals surface area contributed by atoms with Gasteiger partial charge in [0, 0.05) is 37.9 Å². The van der Waals surface area contributed by atoms with Crippen molar-refractivity contribution < 1.29 is 14.6 Å². The van der Waals surface area contributed by atoms with Crippen LogP contribution in [0.25, 0.3) is 16.9 Å². The second-order valence-electron chi connectivity index (χ2n) is 6.68. The normalized spacial score (nSPS) is 11.0. The maximum absolute atomic E-state index is 12.8. The average Bonchev–Trinajstić information content (AvgIpc) is 3.07. The lowest BCUT2D eigenvalue weighted by Crippen LogP contribution is -2.32. The fourth-order valence-electron chi connectivity index (χ4n) is 3.26. The highest BCUT2D eigenvalue weighted by atomic mass is 35.5. The van der Waals surface area contributed by atoms with Crippen LogP contribution < -0.4 is 4.74 Å². The molecular weight excluding hydrogens is 390 g/mol. The van der Waals surface area contributed by atoms with Crippen molar-refractivity contribution in [2.24, 2.45) is 0 Å². The van der Waals surface area contributed by atoms with Gasteiger partial charge in [-0.3, -0.25) is 4.79 Å². The first kappa shape index (κ1) is 21.1. The summed E-state index contributed by atoms with van der Waals surface area (Å²) in [5, 5.41) is 9.46. The number of halogens is 1. The number of hydrogen-bond acceptors (Lipinski definition) is 4. The molecule has 0 saturated carbocycles. The van der Waals surface area contributed by atoms with E-state index in [1.54, 1.807) is 12.3 Å². The van der Waals surface area contributed by atoms with Gasteiger partial charge in [0.1, 0.15) is 11.4 Å². The third-order valence-corrected chi connectivity index (χ3v) is 5.04. The molecule has 2 heterocycles. The first-order chi connectivity index (χ1) is 14.1. The van der Waals surface area contributed by atoms with Crippen molar-refractivity contribution in [2.75, 3.05) is 26.3 Å². The Morgan fingerprint density at radius 1 is 1.17 bits per heavy atom. The Labute approximate surface area is 175 Å². The minimum absolute atomic E-state index is 0.0574. The van der Waals surface area contributed by atoms with Crippen molar-refractivity contribution in [1.29, 1.82) is 0 Å². The number of ether oxygens (including phenoxy) is 1. The lowest BCUT2D eigenvalue weighted by Gasteiger charge is -2.18. The van der Waals surface area contributed by atoms with Gasteiger partial charge in [-0.25, -0.2) is 4.98 Å². The predicted molar refractivity (Wildman–Crippen MR) is 114 cm³/mol. The van der Waals surface area contributed by atoms with Crippen molar-refractivity contribution in [3.63, 3.8) is 0 Å². The van der Waals surface area contributed by atoms with Crippen LogP contribution in [0.1, 0.15) is 26.0 Å². The van der Waals surface area contributed by atoms with Crippen LogP contribution in [0.15, 0.2) is 42.6 Å². The van der Waals surface area contributed by atoms with Crippen molar-refractivity contribution in [3.05, 3.63) is 53.3 Å². The zero-order valence-electron chi connectivity index (χ0n) is 16.8. The summed E-state index contributed by atoms with van der Waals surface area (Å²) in [6.07, 6.45) is 2.63. The lowest BCUT2D eigenvalue weighted by molar-refractivity contribution is -0.130. The van der Waals surface area contributed by atoms with E-state index in [9.17, 15) is 4.79 Å².